The van der Waals surface area contributed by atoms with E-state index in [1.807, 2.05) is 0 Å². The van der Waals surface area contributed by atoms with Crippen molar-refractivity contribution in [2.45, 2.75) is 39.2 Å². The number of ether oxygens (including phenoxy) is 1. The molecule has 0 fully saturated rings. The van der Waals surface area contributed by atoms with E-state index in [4.69, 9.17) is 39.5 Å². The van der Waals surface area contributed by atoms with Crippen LogP contribution in [0.1, 0.15) is 33.1 Å². The molecule has 0 amide bonds. The number of rotatable bonds is 8. The molecule has 1 rings (SSSR count). The molecule has 2 nitrogen and oxygen atoms in total. The molecule has 0 saturated carbocycles. The molecule has 0 aromatic heterocycles. The van der Waals surface area contributed by atoms with Crippen molar-refractivity contribution < 1.29 is 4.74 Å². The zero-order valence-corrected chi connectivity index (χ0v) is 13.6. The molecule has 1 N–H and O–H groups in total. The van der Waals surface area contributed by atoms with Crippen molar-refractivity contribution in [2.75, 3.05) is 13.2 Å². The van der Waals surface area contributed by atoms with Crippen LogP contribution in [0.2, 0.25) is 15.1 Å². The Hall–Kier alpha value is -0.150. The lowest BCUT2D eigenvalue weighted by Gasteiger charge is -2.13. The van der Waals surface area contributed by atoms with E-state index in [9.17, 15) is 0 Å². The molecular weight excluding hydrogens is 305 g/mol. The van der Waals surface area contributed by atoms with Crippen LogP contribution < -0.4 is 10.1 Å². The van der Waals surface area contributed by atoms with Crippen LogP contribution in [0.3, 0.4) is 0 Å². The Bertz CT molecular complexity index is 375. The van der Waals surface area contributed by atoms with Crippen molar-refractivity contribution in [1.29, 1.82) is 0 Å². The highest BCUT2D eigenvalue weighted by Crippen LogP contribution is 2.35. The maximum Gasteiger partial charge on any atom is 0.156 e. The van der Waals surface area contributed by atoms with Gasteiger partial charge in [0.25, 0.3) is 0 Å². The van der Waals surface area contributed by atoms with E-state index in [0.717, 1.165) is 25.8 Å². The highest BCUT2D eigenvalue weighted by atomic mass is 35.5. The fraction of sp³-hybridized carbons (Fsp3) is 0.571. The predicted octanol–water partition coefficient (Wildman–Crippen LogP) is 5.19. The number of hydrogen-bond acceptors (Lipinski definition) is 2. The van der Waals surface area contributed by atoms with Gasteiger partial charge in [-0.2, -0.15) is 0 Å². The van der Waals surface area contributed by atoms with Gasteiger partial charge >= 0.3 is 0 Å². The lowest BCUT2D eigenvalue weighted by molar-refractivity contribution is 0.302. The van der Waals surface area contributed by atoms with Gasteiger partial charge in [-0.15, -0.1) is 0 Å². The summed E-state index contributed by atoms with van der Waals surface area (Å²) >= 11 is 17.9. The van der Waals surface area contributed by atoms with Gasteiger partial charge in [0.15, 0.2) is 5.75 Å². The second-order valence-corrected chi connectivity index (χ2v) is 5.75. The Balaban J connectivity index is 2.30. The minimum atomic E-state index is 0.457. The molecule has 1 aromatic rings. The van der Waals surface area contributed by atoms with Gasteiger partial charge in [0.05, 0.1) is 16.7 Å². The molecule has 19 heavy (non-hydrogen) atoms. The third kappa shape index (κ3) is 6.22. The van der Waals surface area contributed by atoms with E-state index in [-0.39, 0.29) is 0 Å². The Morgan fingerprint density at radius 3 is 2.37 bits per heavy atom. The van der Waals surface area contributed by atoms with Gasteiger partial charge < -0.3 is 10.1 Å². The van der Waals surface area contributed by atoms with Gasteiger partial charge in [0, 0.05) is 11.1 Å². The molecule has 0 saturated heterocycles. The number of benzene rings is 1. The molecule has 1 atom stereocenters. The van der Waals surface area contributed by atoms with Crippen molar-refractivity contribution in [2.24, 2.45) is 0 Å². The van der Waals surface area contributed by atoms with Gasteiger partial charge in [0.2, 0.25) is 0 Å². The fourth-order valence-corrected chi connectivity index (χ4v) is 2.77. The van der Waals surface area contributed by atoms with Gasteiger partial charge in [0.1, 0.15) is 0 Å². The quantitative estimate of drug-likeness (QED) is 0.664. The zero-order valence-electron chi connectivity index (χ0n) is 11.3. The molecule has 0 radical (unpaired) electrons. The molecular formula is C14H20Cl3NO. The standard InChI is InChI=1S/C14H20Cl3NO/c1-3-18-10(2)6-4-5-7-19-14-12(16)8-11(15)9-13(14)17/h8-10,18H,3-7H2,1-2H3. The van der Waals surface area contributed by atoms with Crippen molar-refractivity contribution in [3.05, 3.63) is 27.2 Å². The molecule has 0 aliphatic carbocycles. The normalized spacial score (nSPS) is 12.5. The Labute approximate surface area is 130 Å². The van der Waals surface area contributed by atoms with Crippen LogP contribution in [0.5, 0.6) is 5.75 Å². The lowest BCUT2D eigenvalue weighted by atomic mass is 10.1. The summed E-state index contributed by atoms with van der Waals surface area (Å²) in [6, 6.07) is 3.82. The third-order valence-electron chi connectivity index (χ3n) is 2.79. The average molecular weight is 325 g/mol. The lowest BCUT2D eigenvalue weighted by Crippen LogP contribution is -2.25. The number of nitrogens with one attached hydrogen (secondary N) is 1. The van der Waals surface area contributed by atoms with Crippen LogP contribution >= 0.6 is 34.8 Å². The molecule has 0 heterocycles. The van der Waals surface area contributed by atoms with Gasteiger partial charge in [-0.25, -0.2) is 0 Å². The highest BCUT2D eigenvalue weighted by molar-refractivity contribution is 6.40. The number of unbranched alkanes of at least 4 members (excludes halogenated alkanes) is 1. The minimum absolute atomic E-state index is 0.457. The maximum absolute atomic E-state index is 6.04. The first kappa shape index (κ1) is 16.9. The van der Waals surface area contributed by atoms with E-state index in [1.54, 1.807) is 12.1 Å². The fourth-order valence-electron chi connectivity index (χ4n) is 1.84. The van der Waals surface area contributed by atoms with Crippen molar-refractivity contribution >= 4 is 34.8 Å². The first-order chi connectivity index (χ1) is 9.04. The van der Waals surface area contributed by atoms with Gasteiger partial charge in [-0.05, 0) is 44.9 Å². The van der Waals surface area contributed by atoms with Crippen LogP contribution in [-0.2, 0) is 0 Å². The van der Waals surface area contributed by atoms with Crippen LogP contribution in [0.15, 0.2) is 12.1 Å². The monoisotopic (exact) mass is 323 g/mol. The van der Waals surface area contributed by atoms with Crippen molar-refractivity contribution in [1.82, 2.24) is 5.32 Å². The second kappa shape index (κ2) is 8.91. The summed E-state index contributed by atoms with van der Waals surface area (Å²) in [5, 5.41) is 4.81. The van der Waals surface area contributed by atoms with E-state index >= 15 is 0 Å². The maximum atomic E-state index is 6.04. The van der Waals surface area contributed by atoms with Gasteiger partial charge in [-0.1, -0.05) is 41.7 Å². The zero-order chi connectivity index (χ0) is 14.3. The first-order valence-corrected chi connectivity index (χ1v) is 7.68. The summed E-state index contributed by atoms with van der Waals surface area (Å²) in [4.78, 5) is 0. The largest absolute Gasteiger partial charge is 0.490 e. The average Bonchev–Trinajstić information content (AvgIpc) is 2.31. The summed E-state index contributed by atoms with van der Waals surface area (Å²) in [5.41, 5.74) is 0. The Morgan fingerprint density at radius 2 is 1.79 bits per heavy atom. The SMILES string of the molecule is CCNC(C)CCCCOc1c(Cl)cc(Cl)cc1Cl. The third-order valence-corrected chi connectivity index (χ3v) is 3.57. The summed E-state index contributed by atoms with van der Waals surface area (Å²) in [5.74, 6) is 0.521. The second-order valence-electron chi connectivity index (χ2n) is 4.50. The Kier molecular flexibility index (Phi) is 7.93. The van der Waals surface area contributed by atoms with Crippen molar-refractivity contribution in [3.63, 3.8) is 0 Å². The molecule has 0 aliphatic heterocycles. The summed E-state index contributed by atoms with van der Waals surface area (Å²) in [6.45, 7) is 5.93. The Morgan fingerprint density at radius 1 is 1.16 bits per heavy atom. The minimum Gasteiger partial charge on any atom is -0.490 e. The van der Waals surface area contributed by atoms with E-state index in [0.29, 0.717) is 33.5 Å². The summed E-state index contributed by atoms with van der Waals surface area (Å²) < 4.78 is 5.62. The summed E-state index contributed by atoms with van der Waals surface area (Å²) in [6.07, 6.45) is 3.22. The molecule has 0 aliphatic rings. The molecule has 0 spiro atoms. The van der Waals surface area contributed by atoms with Crippen LogP contribution in [-0.4, -0.2) is 19.2 Å². The number of hydrogen-bond donors (Lipinski definition) is 1. The predicted molar refractivity (Wildman–Crippen MR) is 84.0 cm³/mol. The van der Waals surface area contributed by atoms with Crippen LogP contribution in [0.25, 0.3) is 0 Å². The molecule has 5 heteroatoms. The van der Waals surface area contributed by atoms with Crippen LogP contribution in [0.4, 0.5) is 0 Å². The van der Waals surface area contributed by atoms with Gasteiger partial charge in [-0.3, -0.25) is 0 Å². The summed E-state index contributed by atoms with van der Waals surface area (Å²) in [7, 11) is 0. The highest BCUT2D eigenvalue weighted by Gasteiger charge is 2.09. The molecule has 1 unspecified atom stereocenters. The number of halogens is 3. The topological polar surface area (TPSA) is 21.3 Å². The molecule has 108 valence electrons. The van der Waals surface area contributed by atoms with E-state index in [1.165, 1.54) is 0 Å². The molecule has 1 aromatic carbocycles. The van der Waals surface area contributed by atoms with E-state index < -0.39 is 0 Å². The first-order valence-electron chi connectivity index (χ1n) is 6.55. The van der Waals surface area contributed by atoms with Crippen molar-refractivity contribution in [3.8, 4) is 5.75 Å². The van der Waals surface area contributed by atoms with E-state index in [2.05, 4.69) is 19.2 Å². The smallest absolute Gasteiger partial charge is 0.156 e. The van der Waals surface area contributed by atoms with Crippen LogP contribution in [0, 0.1) is 0 Å². The molecule has 0 bridgehead atoms.